The second kappa shape index (κ2) is 9.50. The number of amides is 1. The molecule has 0 unspecified atom stereocenters. The molecule has 0 aliphatic carbocycles. The van der Waals surface area contributed by atoms with Gasteiger partial charge in [-0.1, -0.05) is 60.7 Å². The largest absolute Gasteiger partial charge is 0.378 e. The Kier molecular flexibility index (Phi) is 6.35. The Labute approximate surface area is 176 Å². The van der Waals surface area contributed by atoms with Gasteiger partial charge in [-0.15, -0.1) is 0 Å². The van der Waals surface area contributed by atoms with E-state index in [1.807, 2.05) is 73.7 Å². The van der Waals surface area contributed by atoms with E-state index in [0.717, 1.165) is 35.7 Å². The van der Waals surface area contributed by atoms with Gasteiger partial charge in [0.15, 0.2) is 0 Å². The summed E-state index contributed by atoms with van der Waals surface area (Å²) in [6.45, 7) is 5.26. The molecule has 3 aromatic rings. The van der Waals surface area contributed by atoms with Gasteiger partial charge in [0.2, 0.25) is 5.91 Å². The summed E-state index contributed by atoms with van der Waals surface area (Å²) < 4.78 is 5.43. The first kappa shape index (κ1) is 20.0. The lowest BCUT2D eigenvalue weighted by atomic mass is 9.90. The van der Waals surface area contributed by atoms with E-state index in [1.165, 1.54) is 0 Å². The molecule has 2 aromatic carbocycles. The van der Waals surface area contributed by atoms with Crippen LogP contribution in [-0.2, 0) is 16.1 Å². The third-order valence-corrected chi connectivity index (χ3v) is 5.17. The Morgan fingerprint density at radius 2 is 1.60 bits per heavy atom. The standard InChI is InChI=1S/C24H26N4O2/c1-18-16-22(28-12-14-30-15-13-28)27-21(26-18)17-25-24(29)23(19-8-4-2-5-9-19)20-10-6-3-7-11-20/h2-11,16,23H,12-15,17H2,1H3,(H,25,29). The summed E-state index contributed by atoms with van der Waals surface area (Å²) in [4.78, 5) is 24.6. The van der Waals surface area contributed by atoms with Crippen molar-refractivity contribution in [2.24, 2.45) is 0 Å². The van der Waals surface area contributed by atoms with Crippen LogP contribution in [0.3, 0.4) is 0 Å². The van der Waals surface area contributed by atoms with Crippen LogP contribution >= 0.6 is 0 Å². The number of hydrogen-bond donors (Lipinski definition) is 1. The molecule has 6 nitrogen and oxygen atoms in total. The van der Waals surface area contributed by atoms with Gasteiger partial charge in [-0.2, -0.15) is 0 Å². The van der Waals surface area contributed by atoms with Crippen LogP contribution in [0.5, 0.6) is 0 Å². The van der Waals surface area contributed by atoms with Crippen molar-refractivity contribution in [2.75, 3.05) is 31.2 Å². The van der Waals surface area contributed by atoms with Gasteiger partial charge in [0.05, 0.1) is 25.7 Å². The highest BCUT2D eigenvalue weighted by Crippen LogP contribution is 2.25. The molecule has 0 bridgehead atoms. The van der Waals surface area contributed by atoms with Gasteiger partial charge in [0.25, 0.3) is 0 Å². The van der Waals surface area contributed by atoms with E-state index in [-0.39, 0.29) is 18.4 Å². The quantitative estimate of drug-likeness (QED) is 0.686. The van der Waals surface area contributed by atoms with Gasteiger partial charge in [-0.05, 0) is 18.1 Å². The number of aromatic nitrogens is 2. The zero-order valence-corrected chi connectivity index (χ0v) is 17.1. The summed E-state index contributed by atoms with van der Waals surface area (Å²) >= 11 is 0. The number of morpholine rings is 1. The van der Waals surface area contributed by atoms with Crippen molar-refractivity contribution in [1.82, 2.24) is 15.3 Å². The summed E-state index contributed by atoms with van der Waals surface area (Å²) in [5, 5.41) is 3.05. The molecule has 2 heterocycles. The van der Waals surface area contributed by atoms with Gasteiger partial charge in [-0.3, -0.25) is 4.79 Å². The molecule has 1 aliphatic heterocycles. The van der Waals surface area contributed by atoms with Crippen LogP contribution in [0.4, 0.5) is 5.82 Å². The normalized spacial score (nSPS) is 14.0. The highest BCUT2D eigenvalue weighted by molar-refractivity contribution is 5.87. The molecule has 1 fully saturated rings. The number of carbonyl (C=O) groups excluding carboxylic acids is 1. The minimum absolute atomic E-state index is 0.0644. The Morgan fingerprint density at radius 3 is 2.20 bits per heavy atom. The number of ether oxygens (including phenoxy) is 1. The molecule has 30 heavy (non-hydrogen) atoms. The number of aryl methyl sites for hydroxylation is 1. The molecular weight excluding hydrogens is 376 g/mol. The van der Waals surface area contributed by atoms with Crippen molar-refractivity contribution in [3.05, 3.63) is 89.4 Å². The average molecular weight is 402 g/mol. The number of nitrogens with zero attached hydrogens (tertiary/aromatic N) is 3. The van der Waals surface area contributed by atoms with E-state index in [0.29, 0.717) is 19.0 Å². The molecular formula is C24H26N4O2. The van der Waals surface area contributed by atoms with Crippen LogP contribution in [0.15, 0.2) is 66.7 Å². The average Bonchev–Trinajstić information content (AvgIpc) is 2.80. The predicted octanol–water partition coefficient (Wildman–Crippen LogP) is 3.07. The summed E-state index contributed by atoms with van der Waals surface area (Å²) in [6.07, 6.45) is 0. The maximum absolute atomic E-state index is 13.2. The summed E-state index contributed by atoms with van der Waals surface area (Å²) in [7, 11) is 0. The number of hydrogen-bond acceptors (Lipinski definition) is 5. The molecule has 0 radical (unpaired) electrons. The van der Waals surface area contributed by atoms with E-state index in [2.05, 4.69) is 20.2 Å². The number of carbonyl (C=O) groups is 1. The first-order chi connectivity index (χ1) is 14.7. The van der Waals surface area contributed by atoms with Gasteiger partial charge < -0.3 is 15.0 Å². The second-order valence-electron chi connectivity index (χ2n) is 7.36. The van der Waals surface area contributed by atoms with Crippen molar-refractivity contribution in [3.8, 4) is 0 Å². The van der Waals surface area contributed by atoms with Crippen molar-refractivity contribution in [2.45, 2.75) is 19.4 Å². The predicted molar refractivity (Wildman–Crippen MR) is 116 cm³/mol. The SMILES string of the molecule is Cc1cc(N2CCOCC2)nc(CNC(=O)C(c2ccccc2)c2ccccc2)n1. The molecule has 1 aromatic heterocycles. The fourth-order valence-electron chi connectivity index (χ4n) is 3.70. The number of anilines is 1. The lowest BCUT2D eigenvalue weighted by Gasteiger charge is -2.28. The summed E-state index contributed by atoms with van der Waals surface area (Å²) in [5.41, 5.74) is 2.80. The van der Waals surface area contributed by atoms with Crippen molar-refractivity contribution >= 4 is 11.7 Å². The fourth-order valence-corrected chi connectivity index (χ4v) is 3.70. The zero-order valence-electron chi connectivity index (χ0n) is 17.1. The van der Waals surface area contributed by atoms with Crippen LogP contribution in [0, 0.1) is 6.92 Å². The molecule has 0 spiro atoms. The van der Waals surface area contributed by atoms with Crippen LogP contribution in [-0.4, -0.2) is 42.2 Å². The van der Waals surface area contributed by atoms with Crippen molar-refractivity contribution in [3.63, 3.8) is 0 Å². The van der Waals surface area contributed by atoms with E-state index in [4.69, 9.17) is 4.74 Å². The third kappa shape index (κ3) is 4.83. The van der Waals surface area contributed by atoms with E-state index < -0.39 is 0 Å². The molecule has 1 N–H and O–H groups in total. The summed E-state index contributed by atoms with van der Waals surface area (Å²) in [5.74, 6) is 1.06. The minimum Gasteiger partial charge on any atom is -0.378 e. The highest BCUT2D eigenvalue weighted by Gasteiger charge is 2.23. The maximum atomic E-state index is 13.2. The Hall–Kier alpha value is -3.25. The Morgan fingerprint density at radius 1 is 1.00 bits per heavy atom. The maximum Gasteiger partial charge on any atom is 0.232 e. The van der Waals surface area contributed by atoms with E-state index >= 15 is 0 Å². The number of benzene rings is 2. The van der Waals surface area contributed by atoms with E-state index in [9.17, 15) is 4.79 Å². The summed E-state index contributed by atoms with van der Waals surface area (Å²) in [6, 6.07) is 21.6. The number of nitrogens with one attached hydrogen (secondary N) is 1. The first-order valence-corrected chi connectivity index (χ1v) is 10.3. The molecule has 1 amide bonds. The molecule has 1 saturated heterocycles. The number of rotatable bonds is 6. The third-order valence-electron chi connectivity index (χ3n) is 5.17. The molecule has 0 saturated carbocycles. The highest BCUT2D eigenvalue weighted by atomic mass is 16.5. The van der Waals surface area contributed by atoms with E-state index in [1.54, 1.807) is 0 Å². The van der Waals surface area contributed by atoms with Crippen LogP contribution < -0.4 is 10.2 Å². The molecule has 6 heteroatoms. The van der Waals surface area contributed by atoms with Crippen LogP contribution in [0.1, 0.15) is 28.6 Å². The smallest absolute Gasteiger partial charge is 0.232 e. The van der Waals surface area contributed by atoms with Crippen LogP contribution in [0.25, 0.3) is 0 Å². The second-order valence-corrected chi connectivity index (χ2v) is 7.36. The molecule has 0 atom stereocenters. The molecule has 4 rings (SSSR count). The monoisotopic (exact) mass is 402 g/mol. The Bertz CT molecular complexity index is 934. The van der Waals surface area contributed by atoms with Crippen molar-refractivity contribution < 1.29 is 9.53 Å². The lowest BCUT2D eigenvalue weighted by molar-refractivity contribution is -0.121. The van der Waals surface area contributed by atoms with Crippen LogP contribution in [0.2, 0.25) is 0 Å². The minimum atomic E-state index is -0.379. The van der Waals surface area contributed by atoms with Gasteiger partial charge in [0, 0.05) is 24.8 Å². The van der Waals surface area contributed by atoms with Crippen molar-refractivity contribution in [1.29, 1.82) is 0 Å². The first-order valence-electron chi connectivity index (χ1n) is 10.3. The Balaban J connectivity index is 1.52. The van der Waals surface area contributed by atoms with Gasteiger partial charge >= 0.3 is 0 Å². The topological polar surface area (TPSA) is 67.3 Å². The van der Waals surface area contributed by atoms with Gasteiger partial charge in [-0.25, -0.2) is 9.97 Å². The molecule has 154 valence electrons. The molecule has 1 aliphatic rings. The lowest BCUT2D eigenvalue weighted by Crippen LogP contribution is -2.37. The fraction of sp³-hybridized carbons (Fsp3) is 0.292. The van der Waals surface area contributed by atoms with Gasteiger partial charge in [0.1, 0.15) is 11.6 Å². The zero-order chi connectivity index (χ0) is 20.8.